The third-order valence-corrected chi connectivity index (χ3v) is 2.67. The Labute approximate surface area is 99.0 Å². The average Bonchev–Trinajstić information content (AvgIpc) is 2.26. The number of nitrogens with one attached hydrogen (secondary N) is 1. The lowest BCUT2D eigenvalue weighted by atomic mass is 10.2. The van der Waals surface area contributed by atoms with Crippen LogP contribution in [0.4, 0.5) is 0 Å². The Morgan fingerprint density at radius 3 is 2.62 bits per heavy atom. The van der Waals surface area contributed by atoms with Crippen LogP contribution in [0, 0.1) is 6.92 Å². The lowest BCUT2D eigenvalue weighted by Crippen LogP contribution is -2.37. The number of rotatable bonds is 6. The van der Waals surface area contributed by atoms with Gasteiger partial charge < -0.3 is 10.1 Å². The molecule has 16 heavy (non-hydrogen) atoms. The summed E-state index contributed by atoms with van der Waals surface area (Å²) in [5.41, 5.74) is 1.24. The normalized spacial score (nSPS) is 14.5. The summed E-state index contributed by atoms with van der Waals surface area (Å²) in [6.45, 7) is 9.33. The summed E-state index contributed by atoms with van der Waals surface area (Å²) in [5.74, 6) is 0.956. The van der Waals surface area contributed by atoms with Gasteiger partial charge in [0.25, 0.3) is 0 Å². The molecule has 0 radical (unpaired) electrons. The largest absolute Gasteiger partial charge is 0.492 e. The molecule has 2 nitrogen and oxygen atoms in total. The highest BCUT2D eigenvalue weighted by atomic mass is 16.5. The van der Waals surface area contributed by atoms with Crippen molar-refractivity contribution in [2.45, 2.75) is 46.2 Å². The predicted molar refractivity (Wildman–Crippen MR) is 69.0 cm³/mol. The first-order valence-corrected chi connectivity index (χ1v) is 6.07. The molecule has 0 aliphatic heterocycles. The van der Waals surface area contributed by atoms with Gasteiger partial charge in [-0.25, -0.2) is 0 Å². The van der Waals surface area contributed by atoms with Crippen molar-refractivity contribution in [3.63, 3.8) is 0 Å². The van der Waals surface area contributed by atoms with E-state index in [1.807, 2.05) is 12.1 Å². The van der Waals surface area contributed by atoms with Crippen LogP contribution in [0.3, 0.4) is 0 Å². The first-order chi connectivity index (χ1) is 7.61. The van der Waals surface area contributed by atoms with E-state index in [1.54, 1.807) is 0 Å². The van der Waals surface area contributed by atoms with Gasteiger partial charge in [-0.15, -0.1) is 0 Å². The number of hydrogen-bond acceptors (Lipinski definition) is 2. The maximum absolute atomic E-state index is 5.73. The van der Waals surface area contributed by atoms with Crippen LogP contribution in [0.15, 0.2) is 24.3 Å². The fourth-order valence-electron chi connectivity index (χ4n) is 1.58. The fraction of sp³-hybridized carbons (Fsp3) is 0.571. The van der Waals surface area contributed by atoms with Crippen LogP contribution < -0.4 is 10.1 Å². The van der Waals surface area contributed by atoms with Gasteiger partial charge in [-0.2, -0.15) is 0 Å². The van der Waals surface area contributed by atoms with Crippen LogP contribution in [0.5, 0.6) is 5.75 Å². The topological polar surface area (TPSA) is 21.3 Å². The Hall–Kier alpha value is -1.02. The van der Waals surface area contributed by atoms with Crippen LogP contribution in [0.25, 0.3) is 0 Å². The van der Waals surface area contributed by atoms with E-state index in [0.717, 1.165) is 12.2 Å². The smallest absolute Gasteiger partial charge is 0.119 e. The molecule has 0 aromatic heterocycles. The maximum atomic E-state index is 5.73. The van der Waals surface area contributed by atoms with E-state index < -0.39 is 0 Å². The molecule has 0 heterocycles. The predicted octanol–water partition coefficient (Wildman–Crippen LogP) is 3.15. The van der Waals surface area contributed by atoms with Crippen LogP contribution in [-0.2, 0) is 0 Å². The molecular formula is C14H23NO. The molecule has 1 rings (SSSR count). The molecule has 0 aliphatic carbocycles. The van der Waals surface area contributed by atoms with E-state index in [9.17, 15) is 0 Å². The van der Waals surface area contributed by atoms with E-state index in [-0.39, 0.29) is 0 Å². The Morgan fingerprint density at radius 1 is 1.25 bits per heavy atom. The van der Waals surface area contributed by atoms with E-state index >= 15 is 0 Å². The lowest BCUT2D eigenvalue weighted by molar-refractivity contribution is 0.262. The van der Waals surface area contributed by atoms with Gasteiger partial charge in [-0.3, -0.25) is 0 Å². The second-order valence-corrected chi connectivity index (χ2v) is 4.50. The zero-order valence-electron chi connectivity index (χ0n) is 10.8. The Bertz CT molecular complexity index is 311. The van der Waals surface area contributed by atoms with Gasteiger partial charge in [-0.05, 0) is 44.9 Å². The first kappa shape index (κ1) is 13.0. The van der Waals surface area contributed by atoms with E-state index in [1.165, 1.54) is 5.56 Å². The van der Waals surface area contributed by atoms with Gasteiger partial charge in [0, 0.05) is 12.1 Å². The lowest BCUT2D eigenvalue weighted by Gasteiger charge is -2.19. The van der Waals surface area contributed by atoms with Crippen molar-refractivity contribution in [2.75, 3.05) is 6.61 Å². The summed E-state index contributed by atoms with van der Waals surface area (Å²) in [4.78, 5) is 0. The molecule has 0 spiro atoms. The Kier molecular flexibility index (Phi) is 5.33. The highest BCUT2D eigenvalue weighted by Gasteiger charge is 2.06. The quantitative estimate of drug-likeness (QED) is 0.796. The van der Waals surface area contributed by atoms with Crippen LogP contribution in [0.1, 0.15) is 32.8 Å². The highest BCUT2D eigenvalue weighted by Crippen LogP contribution is 2.12. The van der Waals surface area contributed by atoms with Crippen molar-refractivity contribution in [1.29, 1.82) is 0 Å². The second kappa shape index (κ2) is 6.54. The summed E-state index contributed by atoms with van der Waals surface area (Å²) in [6.07, 6.45) is 1.15. The Balaban J connectivity index is 2.34. The van der Waals surface area contributed by atoms with Crippen molar-refractivity contribution in [2.24, 2.45) is 0 Å². The van der Waals surface area contributed by atoms with Gasteiger partial charge in [0.15, 0.2) is 0 Å². The fourth-order valence-corrected chi connectivity index (χ4v) is 1.58. The average molecular weight is 221 g/mol. The van der Waals surface area contributed by atoms with Gasteiger partial charge in [-0.1, -0.05) is 19.1 Å². The molecule has 2 atom stereocenters. The molecule has 1 aromatic rings. The van der Waals surface area contributed by atoms with Crippen LogP contribution >= 0.6 is 0 Å². The maximum Gasteiger partial charge on any atom is 0.119 e. The van der Waals surface area contributed by atoms with E-state index in [2.05, 4.69) is 45.1 Å². The number of hydrogen-bond donors (Lipinski definition) is 1. The minimum absolute atomic E-state index is 0.385. The number of ether oxygens (including phenoxy) is 1. The molecule has 0 fully saturated rings. The zero-order valence-corrected chi connectivity index (χ0v) is 10.8. The molecular weight excluding hydrogens is 198 g/mol. The van der Waals surface area contributed by atoms with Crippen molar-refractivity contribution in [3.05, 3.63) is 29.8 Å². The van der Waals surface area contributed by atoms with Crippen molar-refractivity contribution < 1.29 is 4.74 Å². The first-order valence-electron chi connectivity index (χ1n) is 6.07. The standard InChI is InChI=1S/C14H23NO/c1-5-12(3)15-13(4)10-16-14-8-6-7-11(2)9-14/h6-9,12-13,15H,5,10H2,1-4H3. The molecule has 0 aliphatic rings. The van der Waals surface area contributed by atoms with E-state index in [0.29, 0.717) is 18.7 Å². The molecule has 0 amide bonds. The minimum Gasteiger partial charge on any atom is -0.492 e. The highest BCUT2D eigenvalue weighted by molar-refractivity contribution is 5.27. The van der Waals surface area contributed by atoms with Gasteiger partial charge in [0.2, 0.25) is 0 Å². The molecule has 2 unspecified atom stereocenters. The number of benzene rings is 1. The molecule has 0 saturated heterocycles. The second-order valence-electron chi connectivity index (χ2n) is 4.50. The van der Waals surface area contributed by atoms with Crippen molar-refractivity contribution in [1.82, 2.24) is 5.32 Å². The van der Waals surface area contributed by atoms with Gasteiger partial charge in [0.1, 0.15) is 12.4 Å². The van der Waals surface area contributed by atoms with Gasteiger partial charge >= 0.3 is 0 Å². The molecule has 1 aromatic carbocycles. The SMILES string of the molecule is CCC(C)NC(C)COc1cccc(C)c1. The zero-order chi connectivity index (χ0) is 12.0. The Morgan fingerprint density at radius 2 is 2.00 bits per heavy atom. The van der Waals surface area contributed by atoms with Gasteiger partial charge in [0.05, 0.1) is 0 Å². The van der Waals surface area contributed by atoms with E-state index in [4.69, 9.17) is 4.74 Å². The summed E-state index contributed by atoms with van der Waals surface area (Å²) in [7, 11) is 0. The molecule has 0 bridgehead atoms. The minimum atomic E-state index is 0.385. The molecule has 1 N–H and O–H groups in total. The summed E-state index contributed by atoms with van der Waals surface area (Å²) in [5, 5.41) is 3.49. The summed E-state index contributed by atoms with van der Waals surface area (Å²) in [6, 6.07) is 9.11. The number of aryl methyl sites for hydroxylation is 1. The molecule has 90 valence electrons. The monoisotopic (exact) mass is 221 g/mol. The molecule has 0 saturated carbocycles. The third-order valence-electron chi connectivity index (χ3n) is 2.67. The van der Waals surface area contributed by atoms with Crippen molar-refractivity contribution >= 4 is 0 Å². The van der Waals surface area contributed by atoms with Crippen LogP contribution in [0.2, 0.25) is 0 Å². The third kappa shape index (κ3) is 4.67. The summed E-state index contributed by atoms with van der Waals surface area (Å²) >= 11 is 0. The summed E-state index contributed by atoms with van der Waals surface area (Å²) < 4.78 is 5.73. The van der Waals surface area contributed by atoms with Crippen LogP contribution in [-0.4, -0.2) is 18.7 Å². The molecule has 2 heteroatoms. The van der Waals surface area contributed by atoms with Crippen molar-refractivity contribution in [3.8, 4) is 5.75 Å².